The molecule has 1 saturated heterocycles. The van der Waals surface area contributed by atoms with E-state index in [1.54, 1.807) is 6.07 Å². The number of nitrogens with two attached hydrogens (primary N) is 1. The number of rotatable bonds is 3. The van der Waals surface area contributed by atoms with Gasteiger partial charge in [-0.25, -0.2) is 4.79 Å². The first-order valence-corrected chi connectivity index (χ1v) is 6.88. The second-order valence-electron chi connectivity index (χ2n) is 5.29. The Balaban J connectivity index is 2.19. The van der Waals surface area contributed by atoms with Crippen molar-refractivity contribution in [3.8, 4) is 0 Å². The molecule has 1 aliphatic rings. The molecule has 0 radical (unpaired) electrons. The number of benzene rings is 1. The minimum absolute atomic E-state index is 0.260. The predicted molar refractivity (Wildman–Crippen MR) is 79.0 cm³/mol. The zero-order valence-corrected chi connectivity index (χ0v) is 12.2. The summed E-state index contributed by atoms with van der Waals surface area (Å²) in [6, 6.07) is 4.07. The van der Waals surface area contributed by atoms with Gasteiger partial charge in [-0.15, -0.1) is 0 Å². The third-order valence-corrected chi connectivity index (χ3v) is 3.65. The SMILES string of the molecule is COC(=O)c1cc(NC2CCOC(C)C2)cc(C)c1N. The van der Waals surface area contributed by atoms with E-state index in [9.17, 15) is 4.79 Å². The Morgan fingerprint density at radius 3 is 2.90 bits per heavy atom. The van der Waals surface area contributed by atoms with Crippen LogP contribution in [0.5, 0.6) is 0 Å². The second kappa shape index (κ2) is 6.13. The van der Waals surface area contributed by atoms with Gasteiger partial charge in [0.15, 0.2) is 0 Å². The van der Waals surface area contributed by atoms with Crippen molar-refractivity contribution in [2.75, 3.05) is 24.8 Å². The fraction of sp³-hybridized carbons (Fsp3) is 0.533. The average Bonchev–Trinajstić information content (AvgIpc) is 2.42. The van der Waals surface area contributed by atoms with Crippen molar-refractivity contribution < 1.29 is 14.3 Å². The molecule has 110 valence electrons. The van der Waals surface area contributed by atoms with Crippen LogP contribution in [0.2, 0.25) is 0 Å². The number of aryl methyl sites for hydroxylation is 1. The van der Waals surface area contributed by atoms with Crippen molar-refractivity contribution in [3.05, 3.63) is 23.3 Å². The molecule has 3 N–H and O–H groups in total. The summed E-state index contributed by atoms with van der Waals surface area (Å²) >= 11 is 0. The molecule has 0 saturated carbocycles. The molecule has 2 atom stereocenters. The van der Waals surface area contributed by atoms with E-state index >= 15 is 0 Å². The largest absolute Gasteiger partial charge is 0.465 e. The van der Waals surface area contributed by atoms with Crippen LogP contribution in [0.1, 0.15) is 35.7 Å². The molecule has 1 aromatic carbocycles. The highest BCUT2D eigenvalue weighted by atomic mass is 16.5. The van der Waals surface area contributed by atoms with E-state index in [0.717, 1.165) is 30.7 Å². The summed E-state index contributed by atoms with van der Waals surface area (Å²) in [5, 5.41) is 3.46. The van der Waals surface area contributed by atoms with E-state index in [1.165, 1.54) is 7.11 Å². The molecule has 2 rings (SSSR count). The first kappa shape index (κ1) is 14.7. The molecule has 1 aliphatic heterocycles. The molecule has 20 heavy (non-hydrogen) atoms. The summed E-state index contributed by atoms with van der Waals surface area (Å²) in [4.78, 5) is 11.7. The summed E-state index contributed by atoms with van der Waals surface area (Å²) in [6.07, 6.45) is 2.18. The molecule has 0 spiro atoms. The Kier molecular flexibility index (Phi) is 4.49. The first-order valence-electron chi connectivity index (χ1n) is 6.88. The lowest BCUT2D eigenvalue weighted by atomic mass is 10.0. The highest BCUT2D eigenvalue weighted by molar-refractivity contribution is 5.97. The van der Waals surface area contributed by atoms with Crippen LogP contribution in [0, 0.1) is 6.92 Å². The number of carbonyl (C=O) groups is 1. The molecule has 1 fully saturated rings. The van der Waals surface area contributed by atoms with Crippen LogP contribution in [0.3, 0.4) is 0 Å². The zero-order valence-electron chi connectivity index (χ0n) is 12.2. The van der Waals surface area contributed by atoms with Crippen LogP contribution in [0.25, 0.3) is 0 Å². The number of hydrogen-bond donors (Lipinski definition) is 2. The molecule has 1 heterocycles. The molecule has 0 aromatic heterocycles. The molecular weight excluding hydrogens is 256 g/mol. The quantitative estimate of drug-likeness (QED) is 0.656. The third kappa shape index (κ3) is 3.22. The molecule has 0 bridgehead atoms. The van der Waals surface area contributed by atoms with E-state index in [1.807, 2.05) is 13.0 Å². The minimum Gasteiger partial charge on any atom is -0.465 e. The maximum absolute atomic E-state index is 11.7. The highest BCUT2D eigenvalue weighted by Gasteiger charge is 2.20. The summed E-state index contributed by atoms with van der Waals surface area (Å²) in [6.45, 7) is 4.72. The fourth-order valence-electron chi connectivity index (χ4n) is 2.53. The fourth-order valence-corrected chi connectivity index (χ4v) is 2.53. The van der Waals surface area contributed by atoms with Crippen molar-refractivity contribution >= 4 is 17.3 Å². The lowest BCUT2D eigenvalue weighted by Gasteiger charge is -2.29. The number of nitrogen functional groups attached to an aromatic ring is 1. The maximum atomic E-state index is 11.7. The molecule has 0 aliphatic carbocycles. The van der Waals surface area contributed by atoms with Gasteiger partial charge in [-0.2, -0.15) is 0 Å². The monoisotopic (exact) mass is 278 g/mol. The van der Waals surface area contributed by atoms with Crippen LogP contribution in [-0.4, -0.2) is 31.8 Å². The smallest absolute Gasteiger partial charge is 0.340 e. The Morgan fingerprint density at radius 1 is 1.50 bits per heavy atom. The Hall–Kier alpha value is -1.75. The van der Waals surface area contributed by atoms with E-state index in [0.29, 0.717) is 17.3 Å². The topological polar surface area (TPSA) is 73.6 Å². The van der Waals surface area contributed by atoms with Crippen molar-refractivity contribution in [2.24, 2.45) is 0 Å². The zero-order chi connectivity index (χ0) is 14.7. The van der Waals surface area contributed by atoms with Crippen LogP contribution >= 0.6 is 0 Å². The van der Waals surface area contributed by atoms with Crippen molar-refractivity contribution in [1.29, 1.82) is 0 Å². The number of nitrogens with one attached hydrogen (secondary N) is 1. The molecule has 0 amide bonds. The Bertz CT molecular complexity index is 502. The van der Waals surface area contributed by atoms with Gasteiger partial charge in [-0.05, 0) is 44.4 Å². The van der Waals surface area contributed by atoms with Crippen LogP contribution in [0.15, 0.2) is 12.1 Å². The number of methoxy groups -OCH3 is 1. The van der Waals surface area contributed by atoms with Crippen LogP contribution in [-0.2, 0) is 9.47 Å². The Labute approximate surface area is 119 Å². The molecule has 2 unspecified atom stereocenters. The predicted octanol–water partition coefficient (Wildman–Crippen LogP) is 2.34. The van der Waals surface area contributed by atoms with Gasteiger partial charge in [-0.1, -0.05) is 0 Å². The number of anilines is 2. The van der Waals surface area contributed by atoms with E-state index in [2.05, 4.69) is 12.2 Å². The van der Waals surface area contributed by atoms with Gasteiger partial charge in [0, 0.05) is 24.0 Å². The lowest BCUT2D eigenvalue weighted by Crippen LogP contribution is -2.32. The number of hydrogen-bond acceptors (Lipinski definition) is 5. The van der Waals surface area contributed by atoms with Crippen LogP contribution in [0.4, 0.5) is 11.4 Å². The number of ether oxygens (including phenoxy) is 2. The van der Waals surface area contributed by atoms with Gasteiger partial charge in [0.05, 0.1) is 18.8 Å². The number of esters is 1. The van der Waals surface area contributed by atoms with Gasteiger partial charge in [0.2, 0.25) is 0 Å². The Morgan fingerprint density at radius 2 is 2.25 bits per heavy atom. The van der Waals surface area contributed by atoms with E-state index in [-0.39, 0.29) is 6.10 Å². The summed E-state index contributed by atoms with van der Waals surface area (Å²) in [5.41, 5.74) is 8.59. The highest BCUT2D eigenvalue weighted by Crippen LogP contribution is 2.26. The van der Waals surface area contributed by atoms with Crippen molar-refractivity contribution in [1.82, 2.24) is 0 Å². The van der Waals surface area contributed by atoms with Gasteiger partial charge in [-0.3, -0.25) is 0 Å². The second-order valence-corrected chi connectivity index (χ2v) is 5.29. The first-order chi connectivity index (χ1) is 9.51. The van der Waals surface area contributed by atoms with Gasteiger partial charge in [0.1, 0.15) is 0 Å². The number of carbonyl (C=O) groups excluding carboxylic acids is 1. The molecule has 5 heteroatoms. The third-order valence-electron chi connectivity index (χ3n) is 3.65. The van der Waals surface area contributed by atoms with Crippen molar-refractivity contribution in [2.45, 2.75) is 38.8 Å². The normalized spacial score (nSPS) is 22.4. The van der Waals surface area contributed by atoms with Crippen molar-refractivity contribution in [3.63, 3.8) is 0 Å². The van der Waals surface area contributed by atoms with Gasteiger partial charge < -0.3 is 20.5 Å². The minimum atomic E-state index is -0.408. The lowest BCUT2D eigenvalue weighted by molar-refractivity contribution is 0.0232. The maximum Gasteiger partial charge on any atom is 0.340 e. The summed E-state index contributed by atoms with van der Waals surface area (Å²) in [7, 11) is 1.36. The van der Waals surface area contributed by atoms with E-state index < -0.39 is 5.97 Å². The standard InChI is InChI=1S/C15H22N2O3/c1-9-6-12(8-13(14(9)16)15(18)19-3)17-11-4-5-20-10(2)7-11/h6,8,10-11,17H,4-5,7,16H2,1-3H3. The molecular formula is C15H22N2O3. The summed E-state index contributed by atoms with van der Waals surface area (Å²) < 4.78 is 10.3. The van der Waals surface area contributed by atoms with Gasteiger partial charge >= 0.3 is 5.97 Å². The molecule has 1 aromatic rings. The molecule has 5 nitrogen and oxygen atoms in total. The average molecular weight is 278 g/mol. The summed E-state index contributed by atoms with van der Waals surface area (Å²) in [5.74, 6) is -0.408. The van der Waals surface area contributed by atoms with Crippen LogP contribution < -0.4 is 11.1 Å². The van der Waals surface area contributed by atoms with E-state index in [4.69, 9.17) is 15.2 Å². The van der Waals surface area contributed by atoms with Gasteiger partial charge in [0.25, 0.3) is 0 Å².